The maximum atomic E-state index is 13.2. The third kappa shape index (κ3) is 2.89. The number of aromatic nitrogens is 2. The van der Waals surface area contributed by atoms with E-state index in [4.69, 9.17) is 4.98 Å². The van der Waals surface area contributed by atoms with Crippen molar-refractivity contribution in [2.24, 2.45) is 0 Å². The molecule has 1 aliphatic carbocycles. The van der Waals surface area contributed by atoms with Crippen LogP contribution < -0.4 is 5.56 Å². The lowest BCUT2D eigenvalue weighted by Crippen LogP contribution is -2.24. The quantitative estimate of drug-likeness (QED) is 0.756. The molecule has 3 heterocycles. The van der Waals surface area contributed by atoms with Gasteiger partial charge in [0.05, 0.1) is 5.39 Å². The topological polar surface area (TPSA) is 52.0 Å². The van der Waals surface area contributed by atoms with Crippen molar-refractivity contribution < 1.29 is 4.79 Å². The summed E-state index contributed by atoms with van der Waals surface area (Å²) in [4.78, 5) is 32.6. The lowest BCUT2D eigenvalue weighted by atomic mass is 9.97. The van der Waals surface area contributed by atoms with Gasteiger partial charge in [-0.2, -0.15) is 0 Å². The van der Waals surface area contributed by atoms with Crippen LogP contribution in [0, 0.1) is 0 Å². The summed E-state index contributed by atoms with van der Waals surface area (Å²) in [5.41, 5.74) is 2.12. The first-order chi connectivity index (χ1) is 12.1. The minimum absolute atomic E-state index is 0.128. The Morgan fingerprint density at radius 2 is 2.04 bits per heavy atom. The van der Waals surface area contributed by atoms with Gasteiger partial charge in [0.25, 0.3) is 5.56 Å². The first-order valence-electron chi connectivity index (χ1n) is 9.00. The number of allylic oxidation sites excluding steroid dienone is 1. The first-order valence-corrected chi connectivity index (χ1v) is 10.7. The Kier molecular flexibility index (Phi) is 4.58. The van der Waals surface area contributed by atoms with Crippen molar-refractivity contribution in [3.05, 3.63) is 32.2 Å². The van der Waals surface area contributed by atoms with Gasteiger partial charge in [-0.15, -0.1) is 23.1 Å². The molecule has 0 spiro atoms. The van der Waals surface area contributed by atoms with Crippen molar-refractivity contribution >= 4 is 44.5 Å². The van der Waals surface area contributed by atoms with Crippen LogP contribution in [0.25, 0.3) is 15.1 Å². The fourth-order valence-electron chi connectivity index (χ4n) is 3.75. The third-order valence-corrected chi connectivity index (χ3v) is 7.36. The molecule has 0 unspecified atom stereocenters. The minimum Gasteiger partial charge on any atom is -0.298 e. The predicted octanol–water partition coefficient (Wildman–Crippen LogP) is 4.18. The minimum atomic E-state index is 0.128. The molecule has 132 valence electrons. The summed E-state index contributed by atoms with van der Waals surface area (Å²) in [6.07, 6.45) is 6.68. The number of hydrogen-bond donors (Lipinski definition) is 0. The van der Waals surface area contributed by atoms with Crippen molar-refractivity contribution in [1.82, 2.24) is 9.55 Å². The summed E-state index contributed by atoms with van der Waals surface area (Å²) >= 11 is 3.33. The van der Waals surface area contributed by atoms with Gasteiger partial charge >= 0.3 is 0 Å². The molecule has 0 saturated carbocycles. The Labute approximate surface area is 155 Å². The van der Waals surface area contributed by atoms with Crippen LogP contribution in [0.5, 0.6) is 0 Å². The van der Waals surface area contributed by atoms with Crippen LogP contribution in [0.1, 0.15) is 55.8 Å². The van der Waals surface area contributed by atoms with Gasteiger partial charge < -0.3 is 0 Å². The Morgan fingerprint density at radius 3 is 2.80 bits per heavy atom. The van der Waals surface area contributed by atoms with E-state index in [1.807, 2.05) is 4.57 Å². The van der Waals surface area contributed by atoms with Crippen molar-refractivity contribution in [1.29, 1.82) is 0 Å². The number of nitrogens with zero attached hydrogens (tertiary/aromatic N) is 2. The van der Waals surface area contributed by atoms with E-state index in [1.165, 1.54) is 0 Å². The molecular weight excluding hydrogens is 352 g/mol. The molecular formula is C19H22N2O2S2. The van der Waals surface area contributed by atoms with Crippen LogP contribution in [-0.4, -0.2) is 21.1 Å². The number of carbonyl (C=O) groups is 1. The molecule has 4 nitrogen and oxygen atoms in total. The van der Waals surface area contributed by atoms with Crippen LogP contribution in [0.15, 0.2) is 10.4 Å². The molecule has 25 heavy (non-hydrogen) atoms. The molecule has 2 aromatic heterocycles. The number of rotatable bonds is 3. The molecule has 0 bridgehead atoms. The van der Waals surface area contributed by atoms with E-state index in [2.05, 4.69) is 13.8 Å². The van der Waals surface area contributed by atoms with Gasteiger partial charge in [-0.25, -0.2) is 4.98 Å². The number of aldehydes is 1. The van der Waals surface area contributed by atoms with Crippen molar-refractivity contribution in [3.8, 4) is 0 Å². The van der Waals surface area contributed by atoms with E-state index in [-0.39, 0.29) is 5.56 Å². The van der Waals surface area contributed by atoms with Gasteiger partial charge in [-0.1, -0.05) is 20.3 Å². The molecule has 2 aromatic rings. The van der Waals surface area contributed by atoms with Crippen LogP contribution in [0.4, 0.5) is 0 Å². The zero-order valence-electron chi connectivity index (χ0n) is 14.6. The monoisotopic (exact) mass is 374 g/mol. The van der Waals surface area contributed by atoms with Crippen molar-refractivity contribution in [2.45, 2.75) is 64.2 Å². The van der Waals surface area contributed by atoms with E-state index < -0.39 is 0 Å². The van der Waals surface area contributed by atoms with E-state index in [0.29, 0.717) is 5.25 Å². The highest BCUT2D eigenvalue weighted by Gasteiger charge is 2.27. The van der Waals surface area contributed by atoms with Gasteiger partial charge in [-0.05, 0) is 31.2 Å². The second-order valence-electron chi connectivity index (χ2n) is 7.02. The van der Waals surface area contributed by atoms with Gasteiger partial charge in [0.15, 0.2) is 0 Å². The summed E-state index contributed by atoms with van der Waals surface area (Å²) in [6.45, 7) is 5.05. The summed E-state index contributed by atoms with van der Waals surface area (Å²) in [6, 6.07) is 0. The number of thioether (sulfide) groups is 1. The zero-order valence-corrected chi connectivity index (χ0v) is 16.3. The highest BCUT2D eigenvalue weighted by Crippen LogP contribution is 2.46. The van der Waals surface area contributed by atoms with Crippen LogP contribution in [0.3, 0.4) is 0 Å². The summed E-state index contributed by atoms with van der Waals surface area (Å²) in [5.74, 6) is 0.936. The smallest absolute Gasteiger partial charge is 0.262 e. The van der Waals surface area contributed by atoms with E-state index >= 15 is 0 Å². The summed E-state index contributed by atoms with van der Waals surface area (Å²) in [7, 11) is 0. The number of aryl methyl sites for hydroxylation is 2. The molecule has 1 aliphatic heterocycles. The molecule has 0 N–H and O–H groups in total. The molecule has 0 atom stereocenters. The van der Waals surface area contributed by atoms with Crippen molar-refractivity contribution in [2.75, 3.05) is 0 Å². The second kappa shape index (κ2) is 6.72. The van der Waals surface area contributed by atoms with E-state index in [1.54, 1.807) is 23.1 Å². The Morgan fingerprint density at radius 1 is 1.20 bits per heavy atom. The number of hydrogen-bond acceptors (Lipinski definition) is 5. The SMILES string of the molecule is CC(C)SC1=C(C=O)CCc2c1sc1nc3n(c(=O)c21)CCCCC3. The number of carbonyl (C=O) groups excluding carboxylic acids is 1. The fourth-order valence-corrected chi connectivity index (χ4v) is 6.23. The largest absolute Gasteiger partial charge is 0.298 e. The lowest BCUT2D eigenvalue weighted by molar-refractivity contribution is -0.105. The molecule has 0 fully saturated rings. The standard InChI is InChI=1S/C19H22N2O2S2/c1-11(2)24-16-12(10-22)7-8-13-15-18(25-17(13)16)20-14-6-4-3-5-9-21(14)19(15)23/h10-11H,3-9H2,1-2H3. The third-order valence-electron chi connectivity index (χ3n) is 4.91. The van der Waals surface area contributed by atoms with E-state index in [0.717, 1.165) is 88.3 Å². The molecule has 0 amide bonds. The molecule has 0 radical (unpaired) electrons. The van der Waals surface area contributed by atoms with Gasteiger partial charge in [-0.3, -0.25) is 14.2 Å². The molecule has 4 rings (SSSR count). The molecule has 0 aromatic carbocycles. The number of fused-ring (bicyclic) bond motifs is 4. The van der Waals surface area contributed by atoms with Crippen LogP contribution in [-0.2, 0) is 24.2 Å². The Bertz CT molecular complexity index is 937. The maximum absolute atomic E-state index is 13.2. The zero-order chi connectivity index (χ0) is 17.6. The summed E-state index contributed by atoms with van der Waals surface area (Å²) in [5, 5.41) is 1.20. The average Bonchev–Trinajstić information content (AvgIpc) is 2.78. The van der Waals surface area contributed by atoms with Gasteiger partial charge in [0.1, 0.15) is 16.9 Å². The van der Waals surface area contributed by atoms with E-state index in [9.17, 15) is 9.59 Å². The van der Waals surface area contributed by atoms with Crippen LogP contribution >= 0.6 is 23.1 Å². The molecule has 0 saturated heterocycles. The van der Waals surface area contributed by atoms with Crippen LogP contribution in [0.2, 0.25) is 0 Å². The Balaban J connectivity index is 1.96. The number of thiophene rings is 1. The van der Waals surface area contributed by atoms with Crippen molar-refractivity contribution in [3.63, 3.8) is 0 Å². The van der Waals surface area contributed by atoms with Gasteiger partial charge in [0.2, 0.25) is 0 Å². The summed E-state index contributed by atoms with van der Waals surface area (Å²) < 4.78 is 1.90. The second-order valence-corrected chi connectivity index (χ2v) is 9.61. The Hall–Kier alpha value is -1.40. The molecule has 2 aliphatic rings. The average molecular weight is 375 g/mol. The predicted molar refractivity (Wildman–Crippen MR) is 105 cm³/mol. The highest BCUT2D eigenvalue weighted by atomic mass is 32.2. The first kappa shape index (κ1) is 17.0. The normalized spacial score (nSPS) is 17.6. The van der Waals surface area contributed by atoms with Gasteiger partial charge in [0, 0.05) is 33.6 Å². The maximum Gasteiger partial charge on any atom is 0.262 e. The lowest BCUT2D eigenvalue weighted by Gasteiger charge is -2.18. The highest BCUT2D eigenvalue weighted by molar-refractivity contribution is 8.09. The fraction of sp³-hybridized carbons (Fsp3) is 0.526. The molecule has 6 heteroatoms.